The zero-order valence-corrected chi connectivity index (χ0v) is 26.6. The summed E-state index contributed by atoms with van der Waals surface area (Å²) in [6, 6.07) is 21.1. The number of ether oxygens (including phenoxy) is 4. The molecule has 0 fully saturated rings. The molecule has 5 rings (SSSR count). The lowest BCUT2D eigenvalue weighted by Gasteiger charge is -2.26. The van der Waals surface area contributed by atoms with Gasteiger partial charge in [-0.1, -0.05) is 59.9 Å². The predicted molar refractivity (Wildman–Crippen MR) is 170 cm³/mol. The number of fused-ring (bicyclic) bond motifs is 1. The third-order valence-electron chi connectivity index (χ3n) is 6.71. The standard InChI is InChI=1S/C33H29BrN2O7S/c1-4-41-27(37)19-43-25-16-11-20(17-24(25)34)18-26-31(38)36-30(22-12-14-23(40-3)15-13-22)28(32(39)42-5-2)29(35-33(36)44-26)21-9-7-6-8-10-21/h6-18,30H,4-5,19H2,1-3H3/b26-18-/t30-/m0/s1. The zero-order chi connectivity index (χ0) is 31.2. The van der Waals surface area contributed by atoms with E-state index in [1.807, 2.05) is 42.5 Å². The highest BCUT2D eigenvalue weighted by Gasteiger charge is 2.35. The van der Waals surface area contributed by atoms with Crippen molar-refractivity contribution in [3.63, 3.8) is 0 Å². The number of carbonyl (C=O) groups excluding carboxylic acids is 2. The number of thiazole rings is 1. The lowest BCUT2D eigenvalue weighted by molar-refractivity contribution is -0.145. The first-order valence-corrected chi connectivity index (χ1v) is 15.5. The minimum absolute atomic E-state index is 0.165. The fourth-order valence-electron chi connectivity index (χ4n) is 4.76. The van der Waals surface area contributed by atoms with E-state index in [9.17, 15) is 14.4 Å². The van der Waals surface area contributed by atoms with Crippen LogP contribution in [0.3, 0.4) is 0 Å². The van der Waals surface area contributed by atoms with Crippen molar-refractivity contribution >= 4 is 51.0 Å². The van der Waals surface area contributed by atoms with Gasteiger partial charge in [0.1, 0.15) is 11.5 Å². The van der Waals surface area contributed by atoms with Gasteiger partial charge in [-0.25, -0.2) is 14.6 Å². The van der Waals surface area contributed by atoms with E-state index in [0.717, 1.165) is 11.1 Å². The molecule has 1 aliphatic heterocycles. The lowest BCUT2D eigenvalue weighted by atomic mass is 9.93. The molecule has 1 aliphatic rings. The van der Waals surface area contributed by atoms with Crippen LogP contribution in [0.1, 0.15) is 36.6 Å². The van der Waals surface area contributed by atoms with E-state index in [1.165, 1.54) is 11.3 Å². The number of benzene rings is 3. The van der Waals surface area contributed by atoms with E-state index < -0.39 is 18.0 Å². The molecule has 0 radical (unpaired) electrons. The summed E-state index contributed by atoms with van der Waals surface area (Å²) in [6.45, 7) is 3.68. The Kier molecular flexibility index (Phi) is 9.76. The van der Waals surface area contributed by atoms with Crippen molar-refractivity contribution in [1.82, 2.24) is 4.57 Å². The van der Waals surface area contributed by atoms with Gasteiger partial charge in [-0.05, 0) is 71.2 Å². The van der Waals surface area contributed by atoms with Crippen LogP contribution in [0.15, 0.2) is 92.6 Å². The van der Waals surface area contributed by atoms with Crippen LogP contribution >= 0.6 is 27.3 Å². The highest BCUT2D eigenvalue weighted by atomic mass is 79.9. The summed E-state index contributed by atoms with van der Waals surface area (Å²) < 4.78 is 23.9. The predicted octanol–water partition coefficient (Wildman–Crippen LogP) is 4.65. The molecule has 2 heterocycles. The van der Waals surface area contributed by atoms with Gasteiger partial charge >= 0.3 is 11.9 Å². The Bertz CT molecular complexity index is 1900. The van der Waals surface area contributed by atoms with Gasteiger partial charge in [0, 0.05) is 5.56 Å². The van der Waals surface area contributed by atoms with Gasteiger partial charge in [0.25, 0.3) is 5.56 Å². The Morgan fingerprint density at radius 1 is 1.00 bits per heavy atom. The molecular formula is C33H29BrN2O7S. The molecule has 0 aliphatic carbocycles. The van der Waals surface area contributed by atoms with E-state index in [-0.39, 0.29) is 31.0 Å². The molecule has 3 aromatic carbocycles. The number of hydrogen-bond acceptors (Lipinski definition) is 9. The molecule has 0 saturated heterocycles. The second-order valence-electron chi connectivity index (χ2n) is 9.49. The summed E-state index contributed by atoms with van der Waals surface area (Å²) in [5.74, 6) is 0.0923. The number of halogens is 1. The summed E-state index contributed by atoms with van der Waals surface area (Å²) in [5.41, 5.74) is 2.57. The van der Waals surface area contributed by atoms with Crippen molar-refractivity contribution in [2.24, 2.45) is 4.99 Å². The quantitative estimate of drug-likeness (QED) is 0.225. The highest BCUT2D eigenvalue weighted by Crippen LogP contribution is 2.35. The Hall–Kier alpha value is -4.48. The maximum atomic E-state index is 14.1. The van der Waals surface area contributed by atoms with Gasteiger partial charge in [-0.3, -0.25) is 9.36 Å². The fraction of sp³-hybridized carbons (Fsp3) is 0.212. The van der Waals surface area contributed by atoms with Crippen LogP contribution < -0.4 is 24.4 Å². The summed E-state index contributed by atoms with van der Waals surface area (Å²) >= 11 is 4.71. The minimum atomic E-state index is -0.793. The molecule has 0 spiro atoms. The molecule has 1 atom stereocenters. The largest absolute Gasteiger partial charge is 0.497 e. The topological polar surface area (TPSA) is 105 Å². The van der Waals surface area contributed by atoms with E-state index in [2.05, 4.69) is 15.9 Å². The monoisotopic (exact) mass is 676 g/mol. The van der Waals surface area contributed by atoms with Crippen LogP contribution in [0.2, 0.25) is 0 Å². The van der Waals surface area contributed by atoms with Crippen molar-refractivity contribution in [1.29, 1.82) is 0 Å². The first-order valence-electron chi connectivity index (χ1n) is 13.8. The van der Waals surface area contributed by atoms with E-state index in [4.69, 9.17) is 23.9 Å². The molecule has 9 nitrogen and oxygen atoms in total. The van der Waals surface area contributed by atoms with Gasteiger partial charge in [0.05, 0.1) is 46.6 Å². The second-order valence-corrected chi connectivity index (χ2v) is 11.4. The molecule has 226 valence electrons. The third kappa shape index (κ3) is 6.53. The molecule has 0 unspecified atom stereocenters. The molecule has 0 saturated carbocycles. The first kappa shape index (κ1) is 31.0. The van der Waals surface area contributed by atoms with Crippen LogP contribution in [0, 0.1) is 0 Å². The molecule has 11 heteroatoms. The van der Waals surface area contributed by atoms with Crippen LogP contribution in [0.25, 0.3) is 11.8 Å². The number of rotatable bonds is 10. The molecule has 0 N–H and O–H groups in total. The van der Waals surface area contributed by atoms with Gasteiger partial charge < -0.3 is 18.9 Å². The Balaban J connectivity index is 1.66. The molecule has 0 amide bonds. The lowest BCUT2D eigenvalue weighted by Crippen LogP contribution is -2.40. The van der Waals surface area contributed by atoms with E-state index >= 15 is 0 Å². The van der Waals surface area contributed by atoms with Crippen LogP contribution in [0.4, 0.5) is 0 Å². The summed E-state index contributed by atoms with van der Waals surface area (Å²) in [5, 5.41) is 0. The smallest absolute Gasteiger partial charge is 0.344 e. The third-order valence-corrected chi connectivity index (χ3v) is 8.31. The normalized spacial score (nSPS) is 14.5. The number of hydrogen-bond donors (Lipinski definition) is 0. The minimum Gasteiger partial charge on any atom is -0.497 e. The summed E-state index contributed by atoms with van der Waals surface area (Å²) in [7, 11) is 1.58. The van der Waals surface area contributed by atoms with Gasteiger partial charge in [0.15, 0.2) is 11.4 Å². The maximum absolute atomic E-state index is 14.1. The average Bonchev–Trinajstić information content (AvgIpc) is 3.34. The molecule has 44 heavy (non-hydrogen) atoms. The average molecular weight is 678 g/mol. The van der Waals surface area contributed by atoms with Crippen molar-refractivity contribution in [3.05, 3.63) is 119 Å². The zero-order valence-electron chi connectivity index (χ0n) is 24.2. The van der Waals surface area contributed by atoms with Crippen molar-refractivity contribution in [2.75, 3.05) is 26.9 Å². The Labute approximate surface area is 265 Å². The van der Waals surface area contributed by atoms with Crippen molar-refractivity contribution in [2.45, 2.75) is 19.9 Å². The summed E-state index contributed by atoms with van der Waals surface area (Å²) in [4.78, 5) is 44.7. The van der Waals surface area contributed by atoms with Crippen LogP contribution in [-0.4, -0.2) is 43.4 Å². The number of methoxy groups -OCH3 is 1. The van der Waals surface area contributed by atoms with E-state index in [0.29, 0.717) is 36.6 Å². The number of nitrogens with zero attached hydrogens (tertiary/aromatic N) is 2. The molecule has 4 aromatic rings. The van der Waals surface area contributed by atoms with E-state index in [1.54, 1.807) is 61.9 Å². The SMILES string of the molecule is CCOC(=O)COc1ccc(/C=c2\sc3n(c2=O)[C@@H](c2ccc(OC)cc2)C(C(=O)OCC)=C(c2ccccc2)N=3)cc1Br. The summed E-state index contributed by atoms with van der Waals surface area (Å²) in [6.07, 6.45) is 1.75. The van der Waals surface area contributed by atoms with Gasteiger partial charge in [-0.15, -0.1) is 0 Å². The van der Waals surface area contributed by atoms with Crippen molar-refractivity contribution in [3.8, 4) is 11.5 Å². The van der Waals surface area contributed by atoms with Crippen molar-refractivity contribution < 1.29 is 28.5 Å². The number of carbonyl (C=O) groups is 2. The second kappa shape index (κ2) is 13.9. The number of esters is 2. The Morgan fingerprint density at radius 3 is 2.39 bits per heavy atom. The fourth-order valence-corrected chi connectivity index (χ4v) is 6.27. The Morgan fingerprint density at radius 2 is 1.73 bits per heavy atom. The molecule has 1 aromatic heterocycles. The van der Waals surface area contributed by atoms with Gasteiger partial charge in [-0.2, -0.15) is 0 Å². The molecular weight excluding hydrogens is 648 g/mol. The first-order chi connectivity index (χ1) is 21.3. The highest BCUT2D eigenvalue weighted by molar-refractivity contribution is 9.10. The number of aromatic nitrogens is 1. The maximum Gasteiger partial charge on any atom is 0.344 e. The molecule has 0 bridgehead atoms. The van der Waals surface area contributed by atoms with Gasteiger partial charge in [0.2, 0.25) is 0 Å². The van der Waals surface area contributed by atoms with Crippen LogP contribution in [0.5, 0.6) is 11.5 Å². The van der Waals surface area contributed by atoms with Crippen LogP contribution in [-0.2, 0) is 19.1 Å².